The van der Waals surface area contributed by atoms with Crippen molar-refractivity contribution in [3.05, 3.63) is 0 Å². The Balaban J connectivity index is 5.20. The molecular weight excluding hydrogens is 1290 g/mol. The number of rotatable bonds is 78. The number of carbonyl (C=O) groups is 4. The molecule has 0 spiro atoms. The Morgan fingerprint density at radius 1 is 0.273 bits per heavy atom. The van der Waals surface area contributed by atoms with E-state index in [2.05, 4.69) is 48.5 Å². The molecule has 0 radical (unpaired) electrons. The molecular formula is C80H156O17P2. The molecule has 0 aromatic rings. The lowest BCUT2D eigenvalue weighted by Crippen LogP contribution is -2.30. The van der Waals surface area contributed by atoms with Crippen molar-refractivity contribution in [1.82, 2.24) is 0 Å². The average Bonchev–Trinajstić information content (AvgIpc) is 1.01. The third-order valence-corrected chi connectivity index (χ3v) is 20.5. The number of carbonyl (C=O) groups excluding carboxylic acids is 4. The van der Waals surface area contributed by atoms with Gasteiger partial charge in [-0.1, -0.05) is 363 Å². The van der Waals surface area contributed by atoms with Crippen molar-refractivity contribution in [2.45, 2.75) is 433 Å². The quantitative estimate of drug-likeness (QED) is 0.0222. The molecule has 0 aliphatic carbocycles. The largest absolute Gasteiger partial charge is 0.472 e. The molecule has 0 fully saturated rings. The molecule has 0 aromatic heterocycles. The van der Waals surface area contributed by atoms with Gasteiger partial charge in [-0.3, -0.25) is 37.3 Å². The second kappa shape index (κ2) is 70.4. The second-order valence-electron chi connectivity index (χ2n) is 30.2. The van der Waals surface area contributed by atoms with Gasteiger partial charge >= 0.3 is 39.5 Å². The predicted octanol–water partition coefficient (Wildman–Crippen LogP) is 23.7. The van der Waals surface area contributed by atoms with Crippen molar-refractivity contribution in [2.75, 3.05) is 39.6 Å². The van der Waals surface area contributed by atoms with Gasteiger partial charge in [0.15, 0.2) is 12.2 Å². The lowest BCUT2D eigenvalue weighted by Gasteiger charge is -2.21. The zero-order valence-corrected chi connectivity index (χ0v) is 66.8. The number of esters is 4. The molecule has 0 amide bonds. The van der Waals surface area contributed by atoms with Gasteiger partial charge in [0.05, 0.1) is 26.4 Å². The standard InChI is InChI=1S/C80H156O17P2/c1-8-9-10-11-12-30-40-47-54-61-77(82)90-67-75(97-80(85)64-57-50-43-36-29-33-39-46-53-60-73(6)7)69-94-98(86,87)92-65-74(81)66-93-99(88,89)95-70-76(68-91-78(83)62-55-48-41-34-27-23-20-19-22-26-32-38-45-52-59-72(4)5)96-79(84)63-56-49-42-35-28-24-18-16-14-13-15-17-21-25-31-37-44-51-58-71(2)3/h71-76,81H,8-70H2,1-7H3,(H,86,87)(H,88,89)/t74-,75+,76+/m0/s1. The Kier molecular flexibility index (Phi) is 69.0. The van der Waals surface area contributed by atoms with Crippen molar-refractivity contribution in [1.29, 1.82) is 0 Å². The molecule has 0 aliphatic heterocycles. The van der Waals surface area contributed by atoms with Crippen molar-refractivity contribution in [2.24, 2.45) is 17.8 Å². The molecule has 99 heavy (non-hydrogen) atoms. The van der Waals surface area contributed by atoms with Crippen LogP contribution in [0.25, 0.3) is 0 Å². The van der Waals surface area contributed by atoms with E-state index >= 15 is 0 Å². The Morgan fingerprint density at radius 2 is 0.465 bits per heavy atom. The third kappa shape index (κ3) is 74.1. The van der Waals surface area contributed by atoms with E-state index < -0.39 is 97.5 Å². The van der Waals surface area contributed by atoms with Crippen LogP contribution < -0.4 is 0 Å². The maximum atomic E-state index is 13.1. The zero-order valence-electron chi connectivity index (χ0n) is 65.0. The van der Waals surface area contributed by atoms with E-state index in [1.54, 1.807) is 0 Å². The number of hydrogen-bond acceptors (Lipinski definition) is 15. The maximum absolute atomic E-state index is 13.1. The van der Waals surface area contributed by atoms with Crippen molar-refractivity contribution in [3.8, 4) is 0 Å². The topological polar surface area (TPSA) is 237 Å². The minimum absolute atomic E-state index is 0.105. The molecule has 0 rings (SSSR count). The molecule has 19 heteroatoms. The summed E-state index contributed by atoms with van der Waals surface area (Å²) in [5.74, 6) is 0.242. The van der Waals surface area contributed by atoms with Crippen LogP contribution in [0.5, 0.6) is 0 Å². The summed E-state index contributed by atoms with van der Waals surface area (Å²) in [7, 11) is -9.92. The first-order valence-corrected chi connectivity index (χ1v) is 44.3. The smallest absolute Gasteiger partial charge is 0.462 e. The van der Waals surface area contributed by atoms with Crippen LogP contribution in [0.3, 0.4) is 0 Å². The van der Waals surface area contributed by atoms with Gasteiger partial charge in [0.25, 0.3) is 0 Å². The van der Waals surface area contributed by atoms with E-state index in [0.717, 1.165) is 108 Å². The van der Waals surface area contributed by atoms with E-state index in [-0.39, 0.29) is 25.7 Å². The molecule has 5 atom stereocenters. The number of aliphatic hydroxyl groups is 1. The van der Waals surface area contributed by atoms with Gasteiger partial charge in [-0.2, -0.15) is 0 Å². The first kappa shape index (κ1) is 97.1. The number of unbranched alkanes of at least 4 members (excludes halogenated alkanes) is 46. The number of aliphatic hydroxyl groups excluding tert-OH is 1. The van der Waals surface area contributed by atoms with Crippen LogP contribution in [0.1, 0.15) is 414 Å². The van der Waals surface area contributed by atoms with Crippen molar-refractivity contribution >= 4 is 39.5 Å². The van der Waals surface area contributed by atoms with E-state index in [4.69, 9.17) is 37.0 Å². The monoisotopic (exact) mass is 1450 g/mol. The number of hydrogen-bond donors (Lipinski definition) is 3. The number of phosphoric ester groups is 2. The molecule has 588 valence electrons. The Morgan fingerprint density at radius 3 is 0.687 bits per heavy atom. The normalized spacial score (nSPS) is 14.0. The fourth-order valence-electron chi connectivity index (χ4n) is 12.3. The van der Waals surface area contributed by atoms with Gasteiger partial charge in [-0.05, 0) is 43.4 Å². The molecule has 0 saturated heterocycles. The van der Waals surface area contributed by atoms with Crippen LogP contribution in [0.4, 0.5) is 0 Å². The van der Waals surface area contributed by atoms with Gasteiger partial charge in [-0.25, -0.2) is 9.13 Å². The Hall–Kier alpha value is -1.94. The summed E-state index contributed by atoms with van der Waals surface area (Å²) < 4.78 is 68.6. The van der Waals surface area contributed by atoms with Gasteiger partial charge in [0.1, 0.15) is 19.3 Å². The van der Waals surface area contributed by atoms with Crippen molar-refractivity contribution < 1.29 is 80.2 Å². The highest BCUT2D eigenvalue weighted by Gasteiger charge is 2.30. The molecule has 0 heterocycles. The Labute approximate surface area is 607 Å². The van der Waals surface area contributed by atoms with Gasteiger partial charge < -0.3 is 33.8 Å². The maximum Gasteiger partial charge on any atom is 0.472 e. The van der Waals surface area contributed by atoms with Crippen molar-refractivity contribution in [3.63, 3.8) is 0 Å². The average molecular weight is 1450 g/mol. The fraction of sp³-hybridized carbons (Fsp3) is 0.950. The number of ether oxygens (including phenoxy) is 4. The SMILES string of the molecule is CCCCCCCCCCCC(=O)OC[C@H](COP(=O)(O)OC[C@H](O)COP(=O)(O)OC[C@@H](COC(=O)CCCCCCCCCCCCCCCCC(C)C)OC(=O)CCCCCCCCCCCCCCCCCCCCC(C)C)OC(=O)CCCCCCCCCCCC(C)C. The van der Waals surface area contributed by atoms with E-state index in [0.29, 0.717) is 25.7 Å². The fourth-order valence-corrected chi connectivity index (χ4v) is 13.9. The lowest BCUT2D eigenvalue weighted by atomic mass is 10.0. The summed E-state index contributed by atoms with van der Waals surface area (Å²) in [5, 5.41) is 10.6. The van der Waals surface area contributed by atoms with Gasteiger partial charge in [0.2, 0.25) is 0 Å². The first-order valence-electron chi connectivity index (χ1n) is 41.3. The van der Waals surface area contributed by atoms with E-state index in [9.17, 15) is 43.2 Å². The van der Waals surface area contributed by atoms with E-state index in [1.165, 1.54) is 225 Å². The van der Waals surface area contributed by atoms with Crippen LogP contribution >= 0.6 is 15.6 Å². The minimum Gasteiger partial charge on any atom is -0.462 e. The van der Waals surface area contributed by atoms with Gasteiger partial charge in [0, 0.05) is 25.7 Å². The predicted molar refractivity (Wildman–Crippen MR) is 405 cm³/mol. The zero-order chi connectivity index (χ0) is 73.0. The second-order valence-corrected chi connectivity index (χ2v) is 33.1. The third-order valence-electron chi connectivity index (χ3n) is 18.6. The lowest BCUT2D eigenvalue weighted by molar-refractivity contribution is -0.161. The van der Waals surface area contributed by atoms with Crippen LogP contribution in [0, 0.1) is 17.8 Å². The molecule has 3 N–H and O–H groups in total. The first-order chi connectivity index (χ1) is 47.7. The highest BCUT2D eigenvalue weighted by Crippen LogP contribution is 2.45. The minimum atomic E-state index is -4.96. The summed E-state index contributed by atoms with van der Waals surface area (Å²) in [4.78, 5) is 72.9. The molecule has 2 unspecified atom stereocenters. The number of phosphoric acid groups is 2. The molecule has 0 aromatic carbocycles. The van der Waals surface area contributed by atoms with Crippen LogP contribution in [0.2, 0.25) is 0 Å². The summed E-state index contributed by atoms with van der Waals surface area (Å²) >= 11 is 0. The molecule has 0 saturated carbocycles. The van der Waals surface area contributed by atoms with Crippen LogP contribution in [0.15, 0.2) is 0 Å². The molecule has 17 nitrogen and oxygen atoms in total. The highest BCUT2D eigenvalue weighted by molar-refractivity contribution is 7.47. The van der Waals surface area contributed by atoms with Crippen LogP contribution in [-0.2, 0) is 65.4 Å². The summed E-state index contributed by atoms with van der Waals surface area (Å²) in [5.41, 5.74) is 0. The molecule has 0 bridgehead atoms. The van der Waals surface area contributed by atoms with Crippen LogP contribution in [-0.4, -0.2) is 96.7 Å². The summed E-state index contributed by atoms with van der Waals surface area (Å²) in [6, 6.07) is 0. The molecule has 0 aliphatic rings. The Bertz CT molecular complexity index is 1920. The van der Waals surface area contributed by atoms with E-state index in [1.807, 2.05) is 0 Å². The highest BCUT2D eigenvalue weighted by atomic mass is 31.2. The summed E-state index contributed by atoms with van der Waals surface area (Å²) in [6.45, 7) is 11.9. The summed E-state index contributed by atoms with van der Waals surface area (Å²) in [6.07, 6.45) is 58.4. The van der Waals surface area contributed by atoms with Gasteiger partial charge in [-0.15, -0.1) is 0 Å².